The molecule has 1 N–H and O–H groups in total. The molecule has 0 aromatic heterocycles. The predicted molar refractivity (Wildman–Crippen MR) is 91.5 cm³/mol. The van der Waals surface area contributed by atoms with E-state index in [1.807, 2.05) is 0 Å². The number of nitrogens with zero attached hydrogens (tertiary/aromatic N) is 1. The maximum absolute atomic E-state index is 3.77. The van der Waals surface area contributed by atoms with E-state index in [1.165, 1.54) is 31.4 Å². The van der Waals surface area contributed by atoms with Crippen LogP contribution in [0.3, 0.4) is 0 Å². The normalized spacial score (nSPS) is 27.2. The lowest BCUT2D eigenvalue weighted by atomic mass is 9.88. The average Bonchev–Trinajstić information content (AvgIpc) is 2.55. The summed E-state index contributed by atoms with van der Waals surface area (Å²) in [4.78, 5) is 2.75. The van der Waals surface area contributed by atoms with Gasteiger partial charge in [0, 0.05) is 31.2 Å². The molecule has 2 unspecified atom stereocenters. The number of hydrogen-bond donors (Lipinski definition) is 1. The molecule has 1 aliphatic rings. The van der Waals surface area contributed by atoms with Crippen molar-refractivity contribution in [2.75, 3.05) is 19.6 Å². The second-order valence-corrected chi connectivity index (χ2v) is 6.78. The Balaban J connectivity index is 2.12. The second-order valence-electron chi connectivity index (χ2n) is 6.78. The number of piperazine rings is 1. The van der Waals surface area contributed by atoms with Crippen LogP contribution in [0.25, 0.3) is 0 Å². The highest BCUT2D eigenvalue weighted by molar-refractivity contribution is 5.20. The van der Waals surface area contributed by atoms with Crippen LogP contribution in [-0.4, -0.2) is 30.1 Å². The Morgan fingerprint density at radius 2 is 1.86 bits per heavy atom. The minimum atomic E-state index is 0.299. The zero-order chi connectivity index (χ0) is 15.3. The van der Waals surface area contributed by atoms with Gasteiger partial charge in [-0.25, -0.2) is 0 Å². The standard InChI is InChI=1S/C19H32N2/c1-5-16(6-2)13-21-14-18(17-11-9-8-10-12-17)20-15-19(21,4)7-3/h8-12,16,18,20H,5-7,13-15H2,1-4H3. The zero-order valence-corrected chi connectivity index (χ0v) is 14.2. The average molecular weight is 288 g/mol. The minimum Gasteiger partial charge on any atom is -0.307 e. The Bertz CT molecular complexity index is 413. The molecule has 1 aromatic carbocycles. The SMILES string of the molecule is CCC(CC)CN1CC(c2ccccc2)NCC1(C)CC. The minimum absolute atomic E-state index is 0.299. The molecule has 1 saturated heterocycles. The van der Waals surface area contributed by atoms with Gasteiger partial charge in [0.1, 0.15) is 0 Å². The van der Waals surface area contributed by atoms with E-state index in [-0.39, 0.29) is 0 Å². The van der Waals surface area contributed by atoms with Crippen molar-refractivity contribution in [1.29, 1.82) is 0 Å². The van der Waals surface area contributed by atoms with Gasteiger partial charge in [0.05, 0.1) is 0 Å². The fraction of sp³-hybridized carbons (Fsp3) is 0.684. The molecule has 2 rings (SSSR count). The number of nitrogens with one attached hydrogen (secondary N) is 1. The van der Waals surface area contributed by atoms with E-state index in [0.29, 0.717) is 11.6 Å². The van der Waals surface area contributed by atoms with Crippen molar-refractivity contribution in [2.24, 2.45) is 5.92 Å². The molecule has 0 amide bonds. The highest BCUT2D eigenvalue weighted by Gasteiger charge is 2.37. The van der Waals surface area contributed by atoms with Crippen LogP contribution in [0.2, 0.25) is 0 Å². The lowest BCUT2D eigenvalue weighted by Gasteiger charge is -2.49. The molecule has 0 bridgehead atoms. The Morgan fingerprint density at radius 3 is 2.43 bits per heavy atom. The van der Waals surface area contributed by atoms with Gasteiger partial charge in [-0.1, -0.05) is 63.9 Å². The van der Waals surface area contributed by atoms with Crippen LogP contribution >= 0.6 is 0 Å². The number of rotatable bonds is 6. The van der Waals surface area contributed by atoms with Crippen molar-refractivity contribution in [3.63, 3.8) is 0 Å². The monoisotopic (exact) mass is 288 g/mol. The fourth-order valence-electron chi connectivity index (χ4n) is 3.37. The van der Waals surface area contributed by atoms with Gasteiger partial charge in [-0.05, 0) is 24.8 Å². The van der Waals surface area contributed by atoms with Gasteiger partial charge in [-0.3, -0.25) is 4.90 Å². The van der Waals surface area contributed by atoms with Crippen LogP contribution in [0, 0.1) is 5.92 Å². The van der Waals surface area contributed by atoms with Crippen LogP contribution in [0.15, 0.2) is 30.3 Å². The van der Waals surface area contributed by atoms with E-state index in [4.69, 9.17) is 0 Å². The summed E-state index contributed by atoms with van der Waals surface area (Å²) in [6.07, 6.45) is 3.79. The van der Waals surface area contributed by atoms with Gasteiger partial charge in [0.15, 0.2) is 0 Å². The van der Waals surface area contributed by atoms with Crippen LogP contribution < -0.4 is 5.32 Å². The molecule has 21 heavy (non-hydrogen) atoms. The summed E-state index contributed by atoms with van der Waals surface area (Å²) in [6.45, 7) is 12.9. The van der Waals surface area contributed by atoms with E-state index < -0.39 is 0 Å². The van der Waals surface area contributed by atoms with E-state index in [2.05, 4.69) is 68.2 Å². The Hall–Kier alpha value is -0.860. The molecule has 0 aliphatic carbocycles. The predicted octanol–water partition coefficient (Wildman–Crippen LogP) is 4.24. The molecule has 1 aliphatic heterocycles. The third-order valence-corrected chi connectivity index (χ3v) is 5.49. The van der Waals surface area contributed by atoms with Crippen molar-refractivity contribution < 1.29 is 0 Å². The summed E-state index contributed by atoms with van der Waals surface area (Å²) in [6, 6.07) is 11.4. The lowest BCUT2D eigenvalue weighted by Crippen LogP contribution is -2.61. The third kappa shape index (κ3) is 3.87. The smallest absolute Gasteiger partial charge is 0.0450 e. The first-order chi connectivity index (χ1) is 10.1. The molecular weight excluding hydrogens is 256 g/mol. The molecular formula is C19H32N2. The van der Waals surface area contributed by atoms with Crippen molar-refractivity contribution in [2.45, 2.75) is 58.5 Å². The summed E-state index contributed by atoms with van der Waals surface area (Å²) in [5.74, 6) is 0.824. The van der Waals surface area contributed by atoms with Gasteiger partial charge in [0.2, 0.25) is 0 Å². The summed E-state index contributed by atoms with van der Waals surface area (Å²) >= 11 is 0. The van der Waals surface area contributed by atoms with E-state index in [1.54, 1.807) is 0 Å². The summed E-state index contributed by atoms with van der Waals surface area (Å²) in [5, 5.41) is 3.77. The molecule has 2 heteroatoms. The van der Waals surface area contributed by atoms with Crippen molar-refractivity contribution in [3.8, 4) is 0 Å². The van der Waals surface area contributed by atoms with Crippen LogP contribution in [-0.2, 0) is 0 Å². The second kappa shape index (κ2) is 7.42. The first-order valence-electron chi connectivity index (χ1n) is 8.66. The maximum Gasteiger partial charge on any atom is 0.0450 e. The van der Waals surface area contributed by atoms with Crippen LogP contribution in [0.1, 0.15) is 58.6 Å². The highest BCUT2D eigenvalue weighted by Crippen LogP contribution is 2.30. The molecule has 1 heterocycles. The summed E-state index contributed by atoms with van der Waals surface area (Å²) in [7, 11) is 0. The maximum atomic E-state index is 3.77. The summed E-state index contributed by atoms with van der Waals surface area (Å²) in [5.41, 5.74) is 1.72. The largest absolute Gasteiger partial charge is 0.307 e. The van der Waals surface area contributed by atoms with Crippen LogP contribution in [0.5, 0.6) is 0 Å². The van der Waals surface area contributed by atoms with Crippen molar-refractivity contribution in [3.05, 3.63) is 35.9 Å². The Labute approximate surface area is 130 Å². The van der Waals surface area contributed by atoms with Gasteiger partial charge in [-0.2, -0.15) is 0 Å². The molecule has 0 spiro atoms. The van der Waals surface area contributed by atoms with E-state index in [0.717, 1.165) is 19.0 Å². The fourth-order valence-corrected chi connectivity index (χ4v) is 3.37. The van der Waals surface area contributed by atoms with Gasteiger partial charge >= 0.3 is 0 Å². The quantitative estimate of drug-likeness (QED) is 0.842. The Kier molecular flexibility index (Phi) is 5.83. The number of hydrogen-bond acceptors (Lipinski definition) is 2. The van der Waals surface area contributed by atoms with Gasteiger partial charge < -0.3 is 5.32 Å². The molecule has 0 saturated carbocycles. The van der Waals surface area contributed by atoms with Gasteiger partial charge in [-0.15, -0.1) is 0 Å². The highest BCUT2D eigenvalue weighted by atomic mass is 15.3. The van der Waals surface area contributed by atoms with Crippen molar-refractivity contribution in [1.82, 2.24) is 10.2 Å². The lowest BCUT2D eigenvalue weighted by molar-refractivity contribution is 0.0332. The molecule has 1 aromatic rings. The molecule has 2 atom stereocenters. The Morgan fingerprint density at radius 1 is 1.19 bits per heavy atom. The van der Waals surface area contributed by atoms with Crippen molar-refractivity contribution >= 4 is 0 Å². The third-order valence-electron chi connectivity index (χ3n) is 5.49. The molecule has 2 nitrogen and oxygen atoms in total. The molecule has 0 radical (unpaired) electrons. The first-order valence-corrected chi connectivity index (χ1v) is 8.66. The molecule has 1 fully saturated rings. The van der Waals surface area contributed by atoms with E-state index >= 15 is 0 Å². The van der Waals surface area contributed by atoms with Gasteiger partial charge in [0.25, 0.3) is 0 Å². The molecule has 118 valence electrons. The zero-order valence-electron chi connectivity index (χ0n) is 14.2. The topological polar surface area (TPSA) is 15.3 Å². The summed E-state index contributed by atoms with van der Waals surface area (Å²) < 4.78 is 0. The first kappa shape index (κ1) is 16.5. The van der Waals surface area contributed by atoms with Crippen LogP contribution in [0.4, 0.5) is 0 Å². The number of benzene rings is 1. The van der Waals surface area contributed by atoms with E-state index in [9.17, 15) is 0 Å².